The molecule has 100 valence electrons. The van der Waals surface area contributed by atoms with Crippen LogP contribution in [0.3, 0.4) is 0 Å². The van der Waals surface area contributed by atoms with Crippen LogP contribution in [-0.2, 0) is 10.0 Å². The van der Waals surface area contributed by atoms with E-state index in [1.54, 1.807) is 13.0 Å². The van der Waals surface area contributed by atoms with E-state index in [9.17, 15) is 13.5 Å². The van der Waals surface area contributed by atoms with Gasteiger partial charge in [-0.05, 0) is 49.4 Å². The number of aliphatic hydroxyl groups is 1. The highest BCUT2D eigenvalue weighted by Gasteiger charge is 2.30. The van der Waals surface area contributed by atoms with Crippen LogP contribution in [0.2, 0.25) is 0 Å². The molecule has 0 aliphatic heterocycles. The summed E-state index contributed by atoms with van der Waals surface area (Å²) >= 11 is 0. The van der Waals surface area contributed by atoms with Crippen molar-refractivity contribution < 1.29 is 13.5 Å². The summed E-state index contributed by atoms with van der Waals surface area (Å²) in [6.45, 7) is 1.82. The molecule has 0 bridgehead atoms. The number of aryl methyl sites for hydroxylation is 1. The molecule has 18 heavy (non-hydrogen) atoms. The summed E-state index contributed by atoms with van der Waals surface area (Å²) in [5.74, 6) is 0.251. The Balaban J connectivity index is 2.07. The number of aliphatic hydroxyl groups excluding tert-OH is 1. The van der Waals surface area contributed by atoms with Crippen molar-refractivity contribution >= 4 is 15.7 Å². The molecule has 1 unspecified atom stereocenters. The highest BCUT2D eigenvalue weighted by Crippen LogP contribution is 2.32. The minimum Gasteiger partial charge on any atom is -0.399 e. The van der Waals surface area contributed by atoms with Crippen LogP contribution in [0.15, 0.2) is 23.1 Å². The minimum absolute atomic E-state index is 0.0659. The first-order valence-corrected chi connectivity index (χ1v) is 7.42. The molecular formula is C12H18N2O3S. The SMILES string of the molecule is Cc1cc(S(=O)(=O)NCC(O)C2CC2)ccc1N. The van der Waals surface area contributed by atoms with Gasteiger partial charge < -0.3 is 10.8 Å². The van der Waals surface area contributed by atoms with Crippen LogP contribution in [0, 0.1) is 12.8 Å². The molecule has 0 heterocycles. The molecule has 1 atom stereocenters. The maximum absolute atomic E-state index is 12.0. The van der Waals surface area contributed by atoms with Crippen molar-refractivity contribution in [2.24, 2.45) is 5.92 Å². The van der Waals surface area contributed by atoms with Gasteiger partial charge in [-0.2, -0.15) is 0 Å². The zero-order valence-electron chi connectivity index (χ0n) is 10.3. The van der Waals surface area contributed by atoms with Crippen molar-refractivity contribution in [1.82, 2.24) is 4.72 Å². The van der Waals surface area contributed by atoms with Gasteiger partial charge in [0, 0.05) is 12.2 Å². The summed E-state index contributed by atoms with van der Waals surface area (Å²) in [5.41, 5.74) is 6.93. The van der Waals surface area contributed by atoms with Crippen molar-refractivity contribution in [2.75, 3.05) is 12.3 Å². The molecular weight excluding hydrogens is 252 g/mol. The second kappa shape index (κ2) is 4.87. The van der Waals surface area contributed by atoms with Gasteiger partial charge in [-0.25, -0.2) is 13.1 Å². The molecule has 2 rings (SSSR count). The third-order valence-electron chi connectivity index (χ3n) is 3.20. The van der Waals surface area contributed by atoms with Gasteiger partial charge in [0.25, 0.3) is 0 Å². The molecule has 0 spiro atoms. The molecule has 1 aliphatic rings. The molecule has 1 aromatic rings. The van der Waals surface area contributed by atoms with E-state index in [2.05, 4.69) is 4.72 Å². The summed E-state index contributed by atoms with van der Waals surface area (Å²) in [7, 11) is -3.57. The highest BCUT2D eigenvalue weighted by molar-refractivity contribution is 7.89. The monoisotopic (exact) mass is 270 g/mol. The highest BCUT2D eigenvalue weighted by atomic mass is 32.2. The third kappa shape index (κ3) is 3.01. The fourth-order valence-electron chi connectivity index (χ4n) is 1.74. The van der Waals surface area contributed by atoms with E-state index in [-0.39, 0.29) is 17.4 Å². The number of hydrogen-bond acceptors (Lipinski definition) is 4. The largest absolute Gasteiger partial charge is 0.399 e. The normalized spacial score (nSPS) is 17.7. The first-order valence-electron chi connectivity index (χ1n) is 5.94. The molecule has 0 saturated heterocycles. The quantitative estimate of drug-likeness (QED) is 0.684. The fourth-order valence-corrected chi connectivity index (χ4v) is 2.88. The van der Waals surface area contributed by atoms with E-state index < -0.39 is 16.1 Å². The number of benzene rings is 1. The summed E-state index contributed by atoms with van der Waals surface area (Å²) < 4.78 is 26.4. The van der Waals surface area contributed by atoms with Gasteiger partial charge in [0.15, 0.2) is 0 Å². The van der Waals surface area contributed by atoms with Gasteiger partial charge in [-0.1, -0.05) is 0 Å². The lowest BCUT2D eigenvalue weighted by Crippen LogP contribution is -2.33. The van der Waals surface area contributed by atoms with E-state index in [1.165, 1.54) is 12.1 Å². The number of rotatable bonds is 5. The Morgan fingerprint density at radius 1 is 1.50 bits per heavy atom. The maximum Gasteiger partial charge on any atom is 0.240 e. The van der Waals surface area contributed by atoms with Crippen LogP contribution in [0.25, 0.3) is 0 Å². The van der Waals surface area contributed by atoms with E-state index in [0.29, 0.717) is 5.69 Å². The first-order chi connectivity index (χ1) is 8.40. The van der Waals surface area contributed by atoms with Gasteiger partial charge in [0.05, 0.1) is 11.0 Å². The molecule has 0 amide bonds. The van der Waals surface area contributed by atoms with Crippen LogP contribution in [-0.4, -0.2) is 26.2 Å². The average molecular weight is 270 g/mol. The Kier molecular flexibility index (Phi) is 3.61. The van der Waals surface area contributed by atoms with Crippen LogP contribution in [0.5, 0.6) is 0 Å². The third-order valence-corrected chi connectivity index (χ3v) is 4.62. The molecule has 0 aromatic heterocycles. The second-order valence-electron chi connectivity index (χ2n) is 4.78. The summed E-state index contributed by atoms with van der Waals surface area (Å²) in [4.78, 5) is 0.178. The molecule has 4 N–H and O–H groups in total. The van der Waals surface area contributed by atoms with Gasteiger partial charge in [0.2, 0.25) is 10.0 Å². The number of nitrogens with one attached hydrogen (secondary N) is 1. The Bertz CT molecular complexity index is 538. The number of anilines is 1. The summed E-state index contributed by atoms with van der Waals surface area (Å²) in [5, 5.41) is 9.65. The van der Waals surface area contributed by atoms with Crippen molar-refractivity contribution in [2.45, 2.75) is 30.8 Å². The van der Waals surface area contributed by atoms with Crippen molar-refractivity contribution in [3.8, 4) is 0 Å². The Hall–Kier alpha value is -1.11. The van der Waals surface area contributed by atoms with Gasteiger partial charge >= 0.3 is 0 Å². The smallest absolute Gasteiger partial charge is 0.240 e. The summed E-state index contributed by atoms with van der Waals surface area (Å²) in [6, 6.07) is 4.57. The van der Waals surface area contributed by atoms with Crippen LogP contribution < -0.4 is 10.5 Å². The molecule has 0 radical (unpaired) electrons. The molecule has 1 fully saturated rings. The Labute approximate surface area is 107 Å². The zero-order valence-corrected chi connectivity index (χ0v) is 11.1. The predicted octanol–water partition coefficient (Wildman–Crippen LogP) is 0.626. The topological polar surface area (TPSA) is 92.4 Å². The van der Waals surface area contributed by atoms with Gasteiger partial charge in [-0.3, -0.25) is 0 Å². The standard InChI is InChI=1S/C12H18N2O3S/c1-8-6-10(4-5-11(8)13)18(16,17)14-7-12(15)9-2-3-9/h4-6,9,12,14-15H,2-3,7,13H2,1H3. The number of sulfonamides is 1. The molecule has 1 saturated carbocycles. The first kappa shape index (κ1) is 13.3. The van der Waals surface area contributed by atoms with Crippen LogP contribution in [0.4, 0.5) is 5.69 Å². The number of nitrogen functional groups attached to an aromatic ring is 1. The Morgan fingerprint density at radius 2 is 2.17 bits per heavy atom. The zero-order chi connectivity index (χ0) is 13.3. The van der Waals surface area contributed by atoms with Gasteiger partial charge in [-0.15, -0.1) is 0 Å². The molecule has 5 nitrogen and oxygen atoms in total. The molecule has 1 aromatic carbocycles. The summed E-state index contributed by atoms with van der Waals surface area (Å²) in [6.07, 6.45) is 1.36. The van der Waals surface area contributed by atoms with Crippen molar-refractivity contribution in [1.29, 1.82) is 0 Å². The predicted molar refractivity (Wildman–Crippen MR) is 69.5 cm³/mol. The lowest BCUT2D eigenvalue weighted by atomic mass is 10.2. The maximum atomic E-state index is 12.0. The van der Waals surface area contributed by atoms with E-state index in [0.717, 1.165) is 18.4 Å². The lowest BCUT2D eigenvalue weighted by Gasteiger charge is -2.12. The van der Waals surface area contributed by atoms with E-state index in [4.69, 9.17) is 5.73 Å². The van der Waals surface area contributed by atoms with Crippen LogP contribution >= 0.6 is 0 Å². The van der Waals surface area contributed by atoms with Crippen molar-refractivity contribution in [3.05, 3.63) is 23.8 Å². The second-order valence-corrected chi connectivity index (χ2v) is 6.54. The fraction of sp³-hybridized carbons (Fsp3) is 0.500. The number of hydrogen-bond donors (Lipinski definition) is 3. The van der Waals surface area contributed by atoms with Crippen molar-refractivity contribution in [3.63, 3.8) is 0 Å². The van der Waals surface area contributed by atoms with E-state index in [1.807, 2.05) is 0 Å². The lowest BCUT2D eigenvalue weighted by molar-refractivity contribution is 0.155. The number of nitrogens with two attached hydrogens (primary N) is 1. The Morgan fingerprint density at radius 3 is 2.72 bits per heavy atom. The average Bonchev–Trinajstić information content (AvgIpc) is 3.13. The molecule has 6 heteroatoms. The van der Waals surface area contributed by atoms with Gasteiger partial charge in [0.1, 0.15) is 0 Å². The molecule has 1 aliphatic carbocycles. The minimum atomic E-state index is -3.57. The van der Waals surface area contributed by atoms with Crippen LogP contribution in [0.1, 0.15) is 18.4 Å². The van der Waals surface area contributed by atoms with E-state index >= 15 is 0 Å².